The molecule has 1 aliphatic heterocycles. The highest BCUT2D eigenvalue weighted by Gasteiger charge is 2.41. The van der Waals surface area contributed by atoms with Crippen molar-refractivity contribution in [3.63, 3.8) is 0 Å². The summed E-state index contributed by atoms with van der Waals surface area (Å²) in [6, 6.07) is 4.66. The second-order valence-corrected chi connectivity index (χ2v) is 8.87. The lowest BCUT2D eigenvalue weighted by atomic mass is 9.97. The van der Waals surface area contributed by atoms with Crippen molar-refractivity contribution in [1.29, 1.82) is 0 Å². The fourth-order valence-electron chi connectivity index (χ4n) is 3.45. The molecule has 2 unspecified atom stereocenters. The Morgan fingerprint density at radius 2 is 1.55 bits per heavy atom. The summed E-state index contributed by atoms with van der Waals surface area (Å²) in [7, 11) is 0. The van der Waals surface area contributed by atoms with Crippen LogP contribution in [-0.4, -0.2) is 53.3 Å². The first-order chi connectivity index (χ1) is 15.6. The zero-order chi connectivity index (χ0) is 24.6. The number of halogens is 1. The molecule has 2 amide bonds. The largest absolute Gasteiger partial charge is 0.493 e. The van der Waals surface area contributed by atoms with Gasteiger partial charge in [-0.25, -0.2) is 4.79 Å². The summed E-state index contributed by atoms with van der Waals surface area (Å²) in [4.78, 5) is 40.5. The van der Waals surface area contributed by atoms with Crippen molar-refractivity contribution in [2.45, 2.75) is 77.9 Å². The molecule has 0 N–H and O–H groups in total. The van der Waals surface area contributed by atoms with Gasteiger partial charge in [-0.2, -0.15) is 0 Å². The molecule has 0 saturated carbocycles. The second kappa shape index (κ2) is 11.8. The Hall–Kier alpha value is -2.16. The third-order valence-electron chi connectivity index (χ3n) is 6.12. The van der Waals surface area contributed by atoms with Gasteiger partial charge in [0.15, 0.2) is 0 Å². The van der Waals surface area contributed by atoms with E-state index in [9.17, 15) is 14.4 Å². The number of imide groups is 1. The maximum atomic E-state index is 12.6. The summed E-state index contributed by atoms with van der Waals surface area (Å²) in [6.07, 6.45) is 4.03. The summed E-state index contributed by atoms with van der Waals surface area (Å²) < 4.78 is 18.1. The van der Waals surface area contributed by atoms with Crippen LogP contribution >= 0.6 is 11.6 Å². The minimum Gasteiger partial charge on any atom is -0.493 e. The molecule has 1 heterocycles. The van der Waals surface area contributed by atoms with Crippen LogP contribution in [0.3, 0.4) is 0 Å². The van der Waals surface area contributed by atoms with Gasteiger partial charge >= 0.3 is 5.43 Å². The van der Waals surface area contributed by atoms with E-state index in [-0.39, 0.29) is 29.1 Å². The lowest BCUT2D eigenvalue weighted by Crippen LogP contribution is -2.35. The summed E-state index contributed by atoms with van der Waals surface area (Å²) in [6.45, 7) is 12.0. The summed E-state index contributed by atoms with van der Waals surface area (Å²) in [5, 5.41) is 0.345. The lowest BCUT2D eigenvalue weighted by Gasteiger charge is -2.33. The molecule has 0 aliphatic carbocycles. The number of hydrogen-bond acceptors (Lipinski definition) is 7. The summed E-state index contributed by atoms with van der Waals surface area (Å²) in [5.74, 6) is -1.32. The Kier molecular flexibility index (Phi) is 9.70. The topological polar surface area (TPSA) is 91.4 Å². The molecule has 0 aromatic heterocycles. The molecule has 0 fully saturated rings. The van der Waals surface area contributed by atoms with E-state index in [0.717, 1.165) is 32.3 Å². The molecule has 1 aromatic carbocycles. The Labute approximate surface area is 200 Å². The predicted molar refractivity (Wildman–Crippen MR) is 124 cm³/mol. The van der Waals surface area contributed by atoms with Gasteiger partial charge in [0.25, 0.3) is 11.8 Å². The molecule has 0 saturated heterocycles. The average Bonchev–Trinajstić information content (AvgIpc) is 3.03. The van der Waals surface area contributed by atoms with Gasteiger partial charge in [0.1, 0.15) is 5.75 Å². The standard InChI is InChI=1S/C24H34ClNO7/c1-6-14-31-24(5,8-3)13-16-32-23(4,7-2)12-15-30-18-11-9-10-17-19(18)21(28)26(20(17)27)33-22(25)29/h9-11H,6-8,12-16H2,1-5H3. The number of fused-ring (bicyclic) bond motifs is 1. The van der Waals surface area contributed by atoms with Crippen LogP contribution in [0.25, 0.3) is 0 Å². The van der Waals surface area contributed by atoms with Crippen LogP contribution in [0.4, 0.5) is 4.79 Å². The van der Waals surface area contributed by atoms with E-state index in [4.69, 9.17) is 25.8 Å². The summed E-state index contributed by atoms with van der Waals surface area (Å²) in [5.41, 5.74) is -1.77. The van der Waals surface area contributed by atoms with Crippen molar-refractivity contribution in [1.82, 2.24) is 5.06 Å². The second-order valence-electron chi connectivity index (χ2n) is 8.56. The van der Waals surface area contributed by atoms with Gasteiger partial charge in [0.05, 0.1) is 35.5 Å². The van der Waals surface area contributed by atoms with E-state index in [0.29, 0.717) is 18.1 Å². The van der Waals surface area contributed by atoms with Crippen molar-refractivity contribution in [3.8, 4) is 5.75 Å². The lowest BCUT2D eigenvalue weighted by molar-refractivity contribution is -0.0925. The normalized spacial score (nSPS) is 16.8. The zero-order valence-corrected chi connectivity index (χ0v) is 20.8. The van der Waals surface area contributed by atoms with Crippen LogP contribution < -0.4 is 4.74 Å². The zero-order valence-electron chi connectivity index (χ0n) is 20.1. The molecule has 184 valence electrons. The number of hydroxylamine groups is 2. The Bertz CT molecular complexity index is 861. The highest BCUT2D eigenvalue weighted by Crippen LogP contribution is 2.32. The van der Waals surface area contributed by atoms with Gasteiger partial charge < -0.3 is 19.0 Å². The predicted octanol–water partition coefficient (Wildman–Crippen LogP) is 5.51. The Morgan fingerprint density at radius 3 is 2.12 bits per heavy atom. The minimum absolute atomic E-state index is 0.0475. The van der Waals surface area contributed by atoms with Crippen LogP contribution in [-0.2, 0) is 14.3 Å². The molecular weight excluding hydrogens is 450 g/mol. The number of hydrogen-bond donors (Lipinski definition) is 0. The number of carbonyl (C=O) groups excluding carboxylic acids is 3. The molecule has 1 aromatic rings. The first-order valence-corrected chi connectivity index (χ1v) is 11.8. The molecule has 2 rings (SSSR count). The minimum atomic E-state index is -1.28. The number of ether oxygens (including phenoxy) is 3. The van der Waals surface area contributed by atoms with Gasteiger partial charge in [-0.3, -0.25) is 9.59 Å². The molecule has 1 aliphatic rings. The maximum absolute atomic E-state index is 12.6. The van der Waals surface area contributed by atoms with Gasteiger partial charge in [-0.05, 0) is 51.7 Å². The summed E-state index contributed by atoms with van der Waals surface area (Å²) >= 11 is 5.16. The SMILES string of the molecule is CCCOC(C)(CC)CCOC(C)(CC)CCOc1cccc2c1C(=O)N(OC(=O)Cl)C2=O. The highest BCUT2D eigenvalue weighted by molar-refractivity contribution is 6.61. The van der Waals surface area contributed by atoms with E-state index in [1.807, 2.05) is 13.8 Å². The van der Waals surface area contributed by atoms with Gasteiger partial charge in [0, 0.05) is 24.6 Å². The van der Waals surface area contributed by atoms with Gasteiger partial charge in [0.2, 0.25) is 0 Å². The fraction of sp³-hybridized carbons (Fsp3) is 0.625. The van der Waals surface area contributed by atoms with E-state index in [2.05, 4.69) is 25.6 Å². The van der Waals surface area contributed by atoms with E-state index >= 15 is 0 Å². The quantitative estimate of drug-likeness (QED) is 0.254. The Balaban J connectivity index is 1.97. The van der Waals surface area contributed by atoms with E-state index < -0.39 is 22.8 Å². The smallest absolute Gasteiger partial charge is 0.428 e. The first kappa shape index (κ1) is 27.1. The van der Waals surface area contributed by atoms with E-state index in [1.165, 1.54) is 6.07 Å². The first-order valence-electron chi connectivity index (χ1n) is 11.4. The third kappa shape index (κ3) is 6.91. The maximum Gasteiger partial charge on any atom is 0.428 e. The average molecular weight is 484 g/mol. The number of benzene rings is 1. The van der Waals surface area contributed by atoms with E-state index in [1.54, 1.807) is 12.1 Å². The van der Waals surface area contributed by atoms with Crippen LogP contribution in [0, 0.1) is 0 Å². The van der Waals surface area contributed by atoms with Crippen LogP contribution in [0.2, 0.25) is 0 Å². The van der Waals surface area contributed by atoms with Crippen molar-refractivity contribution in [3.05, 3.63) is 29.3 Å². The molecular formula is C24H34ClNO7. The molecule has 0 bridgehead atoms. The highest BCUT2D eigenvalue weighted by atomic mass is 35.5. The molecule has 2 atom stereocenters. The monoisotopic (exact) mass is 483 g/mol. The van der Waals surface area contributed by atoms with Crippen molar-refractivity contribution >= 4 is 28.8 Å². The van der Waals surface area contributed by atoms with Crippen LogP contribution in [0.15, 0.2) is 18.2 Å². The molecule has 9 heteroatoms. The molecule has 8 nitrogen and oxygen atoms in total. The number of amides is 2. The van der Waals surface area contributed by atoms with Crippen LogP contribution in [0.5, 0.6) is 5.75 Å². The van der Waals surface area contributed by atoms with Crippen molar-refractivity contribution in [2.75, 3.05) is 19.8 Å². The van der Waals surface area contributed by atoms with Crippen LogP contribution in [0.1, 0.15) is 87.4 Å². The number of carbonyl (C=O) groups is 3. The van der Waals surface area contributed by atoms with Crippen molar-refractivity contribution in [2.24, 2.45) is 0 Å². The number of rotatable bonds is 14. The van der Waals surface area contributed by atoms with Gasteiger partial charge in [-0.15, -0.1) is 0 Å². The van der Waals surface area contributed by atoms with Gasteiger partial charge in [-0.1, -0.05) is 31.9 Å². The third-order valence-corrected chi connectivity index (χ3v) is 6.19. The molecule has 0 radical (unpaired) electrons. The Morgan fingerprint density at radius 1 is 0.939 bits per heavy atom. The number of nitrogens with zero attached hydrogens (tertiary/aromatic N) is 1. The molecule has 33 heavy (non-hydrogen) atoms. The fourth-order valence-corrected chi connectivity index (χ4v) is 3.52. The van der Waals surface area contributed by atoms with Crippen molar-refractivity contribution < 1.29 is 33.4 Å². The molecule has 0 spiro atoms.